The molecule has 0 amide bonds. The number of nitrogens with one attached hydrogen (secondary N) is 1. The monoisotopic (exact) mass is 490 g/mol. The van der Waals surface area contributed by atoms with Gasteiger partial charge < -0.3 is 20.2 Å². The zero-order chi connectivity index (χ0) is 23.3. The van der Waals surface area contributed by atoms with Gasteiger partial charge in [0.2, 0.25) is 0 Å². The van der Waals surface area contributed by atoms with E-state index in [1.54, 1.807) is 61.7 Å². The van der Waals surface area contributed by atoms with Gasteiger partial charge in [0.15, 0.2) is 0 Å². The third-order valence-electron chi connectivity index (χ3n) is 4.69. The summed E-state index contributed by atoms with van der Waals surface area (Å²) in [5.74, 6) is -1.06. The van der Waals surface area contributed by atoms with Gasteiger partial charge >= 0.3 is 11.9 Å². The average Bonchev–Trinajstić information content (AvgIpc) is 2.74. The molecule has 0 saturated carbocycles. The quantitative estimate of drug-likeness (QED) is 0.268. The van der Waals surface area contributed by atoms with E-state index in [1.165, 1.54) is 0 Å². The van der Waals surface area contributed by atoms with Crippen molar-refractivity contribution in [3.05, 3.63) is 91.7 Å². The highest BCUT2D eigenvalue weighted by Crippen LogP contribution is 2.26. The number of aromatic amines is 1. The lowest BCUT2D eigenvalue weighted by atomic mass is 10.1. The summed E-state index contributed by atoms with van der Waals surface area (Å²) in [5.41, 5.74) is 8.16. The maximum atomic E-state index is 12.3. The standard InChI is InChI=1S/C23H20Cl2N2O4S/c1-13-9-10-27-21(32)20(13)23(29)31-22(28)19(26)11-14-5-7-15(8-6-14)30-12-16-17(24)3-2-4-18(16)25/h2-10,19H,11-12,26H2,1H3,(H,27,32)/t19-/m0/s1. The van der Waals surface area contributed by atoms with Gasteiger partial charge in [-0.25, -0.2) is 9.59 Å². The number of pyridine rings is 1. The normalized spacial score (nSPS) is 11.6. The Kier molecular flexibility index (Phi) is 8.04. The van der Waals surface area contributed by atoms with E-state index in [4.69, 9.17) is 50.6 Å². The molecule has 3 rings (SSSR count). The molecule has 0 aliphatic carbocycles. The van der Waals surface area contributed by atoms with Crippen LogP contribution in [0.1, 0.15) is 27.0 Å². The van der Waals surface area contributed by atoms with Crippen molar-refractivity contribution in [1.29, 1.82) is 0 Å². The second-order valence-corrected chi connectivity index (χ2v) is 8.24. The SMILES string of the molecule is Cc1cc[nH]c(=S)c1C(=O)OC(=O)[C@@H](N)Cc1ccc(OCc2c(Cl)cccc2Cl)cc1. The number of H-pyrrole nitrogens is 1. The molecule has 0 aliphatic rings. The summed E-state index contributed by atoms with van der Waals surface area (Å²) in [6, 6.07) is 12.9. The van der Waals surface area contributed by atoms with Crippen molar-refractivity contribution in [1.82, 2.24) is 4.98 Å². The maximum Gasteiger partial charge on any atom is 0.349 e. The Labute approximate surface area is 200 Å². The molecular weight excluding hydrogens is 471 g/mol. The Morgan fingerprint density at radius 3 is 2.38 bits per heavy atom. The van der Waals surface area contributed by atoms with E-state index in [9.17, 15) is 9.59 Å². The molecule has 2 aromatic carbocycles. The highest BCUT2D eigenvalue weighted by Gasteiger charge is 2.22. The van der Waals surface area contributed by atoms with Crippen LogP contribution in [0.5, 0.6) is 5.75 Å². The number of carbonyl (C=O) groups excluding carboxylic acids is 2. The first-order chi connectivity index (χ1) is 15.3. The smallest absolute Gasteiger partial charge is 0.349 e. The predicted molar refractivity (Wildman–Crippen MR) is 126 cm³/mol. The molecule has 0 fully saturated rings. The van der Waals surface area contributed by atoms with Gasteiger partial charge in [-0.1, -0.05) is 53.6 Å². The number of nitrogens with two attached hydrogens (primary N) is 1. The number of halogens is 2. The van der Waals surface area contributed by atoms with Crippen molar-refractivity contribution >= 4 is 47.4 Å². The molecule has 0 bridgehead atoms. The molecule has 166 valence electrons. The van der Waals surface area contributed by atoms with Crippen LogP contribution in [0.2, 0.25) is 10.0 Å². The number of benzene rings is 2. The van der Waals surface area contributed by atoms with Crippen molar-refractivity contribution in [2.24, 2.45) is 5.73 Å². The third kappa shape index (κ3) is 5.95. The van der Waals surface area contributed by atoms with Crippen LogP contribution in [-0.2, 0) is 22.6 Å². The summed E-state index contributed by atoms with van der Waals surface area (Å²) in [4.78, 5) is 27.3. The van der Waals surface area contributed by atoms with E-state index in [0.29, 0.717) is 26.9 Å². The Hall–Kier alpha value is -2.71. The van der Waals surface area contributed by atoms with Crippen LogP contribution in [0.15, 0.2) is 54.7 Å². The summed E-state index contributed by atoms with van der Waals surface area (Å²) < 4.78 is 10.9. The number of ether oxygens (including phenoxy) is 2. The Balaban J connectivity index is 1.57. The lowest BCUT2D eigenvalue weighted by Crippen LogP contribution is -2.35. The average molecular weight is 491 g/mol. The van der Waals surface area contributed by atoms with Crippen LogP contribution < -0.4 is 10.5 Å². The molecule has 1 atom stereocenters. The number of rotatable bonds is 7. The first-order valence-electron chi connectivity index (χ1n) is 9.60. The van der Waals surface area contributed by atoms with E-state index in [2.05, 4.69) is 4.98 Å². The minimum absolute atomic E-state index is 0.142. The van der Waals surface area contributed by atoms with Gasteiger partial charge in [-0.15, -0.1) is 0 Å². The zero-order valence-electron chi connectivity index (χ0n) is 17.1. The molecule has 6 nitrogen and oxygen atoms in total. The lowest BCUT2D eigenvalue weighted by Gasteiger charge is -2.12. The molecule has 32 heavy (non-hydrogen) atoms. The summed E-state index contributed by atoms with van der Waals surface area (Å²) in [5, 5.41) is 1.06. The van der Waals surface area contributed by atoms with Crippen LogP contribution in [0.3, 0.4) is 0 Å². The number of hydrogen-bond acceptors (Lipinski definition) is 6. The predicted octanol–water partition coefficient (Wildman–Crippen LogP) is 5.19. The van der Waals surface area contributed by atoms with Crippen molar-refractivity contribution in [3.8, 4) is 5.75 Å². The number of aryl methyl sites for hydroxylation is 1. The summed E-state index contributed by atoms with van der Waals surface area (Å²) in [7, 11) is 0. The number of carbonyl (C=O) groups is 2. The van der Waals surface area contributed by atoms with E-state index >= 15 is 0 Å². The fourth-order valence-corrected chi connectivity index (χ4v) is 3.75. The van der Waals surface area contributed by atoms with Gasteiger partial charge in [-0.3, -0.25) is 0 Å². The Bertz CT molecular complexity index is 1180. The second kappa shape index (κ2) is 10.7. The van der Waals surface area contributed by atoms with Crippen LogP contribution in [0, 0.1) is 11.6 Å². The number of esters is 2. The van der Waals surface area contributed by atoms with Gasteiger partial charge in [-0.05, 0) is 54.8 Å². The molecule has 1 heterocycles. The van der Waals surface area contributed by atoms with Gasteiger partial charge in [0.1, 0.15) is 23.0 Å². The maximum absolute atomic E-state index is 12.3. The molecule has 0 saturated heterocycles. The van der Waals surface area contributed by atoms with E-state index in [1.807, 2.05) is 0 Å². The fourth-order valence-electron chi connectivity index (χ4n) is 2.93. The molecule has 0 spiro atoms. The minimum Gasteiger partial charge on any atom is -0.489 e. The number of hydrogen-bond donors (Lipinski definition) is 2. The van der Waals surface area contributed by atoms with Crippen molar-refractivity contribution in [2.75, 3.05) is 0 Å². The molecule has 3 aromatic rings. The molecule has 3 N–H and O–H groups in total. The van der Waals surface area contributed by atoms with Gasteiger partial charge in [-0.2, -0.15) is 0 Å². The second-order valence-electron chi connectivity index (χ2n) is 7.02. The highest BCUT2D eigenvalue weighted by atomic mass is 35.5. The lowest BCUT2D eigenvalue weighted by molar-refractivity contribution is -0.139. The van der Waals surface area contributed by atoms with Crippen LogP contribution in [0.4, 0.5) is 0 Å². The molecule has 1 aromatic heterocycles. The van der Waals surface area contributed by atoms with Crippen molar-refractivity contribution < 1.29 is 19.1 Å². The Morgan fingerprint density at radius 1 is 1.09 bits per heavy atom. The van der Waals surface area contributed by atoms with Crippen LogP contribution in [-0.4, -0.2) is 23.0 Å². The topological polar surface area (TPSA) is 94.4 Å². The fraction of sp³-hybridized carbons (Fsp3) is 0.174. The van der Waals surface area contributed by atoms with Gasteiger partial charge in [0, 0.05) is 21.8 Å². The van der Waals surface area contributed by atoms with Crippen molar-refractivity contribution in [3.63, 3.8) is 0 Å². The molecular formula is C23H20Cl2N2O4S. The number of aromatic nitrogens is 1. The summed E-state index contributed by atoms with van der Waals surface area (Å²) in [6.45, 7) is 1.92. The Morgan fingerprint density at radius 2 is 1.75 bits per heavy atom. The van der Waals surface area contributed by atoms with E-state index < -0.39 is 18.0 Å². The molecule has 0 aliphatic heterocycles. The summed E-state index contributed by atoms with van der Waals surface area (Å²) in [6.07, 6.45) is 1.79. The minimum atomic E-state index is -1.02. The highest BCUT2D eigenvalue weighted by molar-refractivity contribution is 7.71. The first-order valence-corrected chi connectivity index (χ1v) is 10.8. The molecule has 0 unspecified atom stereocenters. The zero-order valence-corrected chi connectivity index (χ0v) is 19.4. The van der Waals surface area contributed by atoms with E-state index in [-0.39, 0.29) is 23.2 Å². The first kappa shape index (κ1) is 23.9. The largest absolute Gasteiger partial charge is 0.489 e. The van der Waals surface area contributed by atoms with Crippen molar-refractivity contribution in [2.45, 2.75) is 26.0 Å². The van der Waals surface area contributed by atoms with Gasteiger partial charge in [0.25, 0.3) is 0 Å². The van der Waals surface area contributed by atoms with E-state index in [0.717, 1.165) is 5.56 Å². The third-order valence-corrected chi connectivity index (χ3v) is 5.72. The van der Waals surface area contributed by atoms with Crippen LogP contribution >= 0.6 is 35.4 Å². The van der Waals surface area contributed by atoms with Crippen LogP contribution in [0.25, 0.3) is 0 Å². The molecule has 9 heteroatoms. The summed E-state index contributed by atoms with van der Waals surface area (Å²) >= 11 is 17.4. The van der Waals surface area contributed by atoms with Gasteiger partial charge in [0.05, 0.1) is 5.56 Å². The molecule has 0 radical (unpaired) electrons.